The van der Waals surface area contributed by atoms with Crippen molar-refractivity contribution in [3.8, 4) is 0 Å². The van der Waals surface area contributed by atoms with Crippen LogP contribution in [0, 0.1) is 56.7 Å². The average molecular weight is 501 g/mol. The van der Waals surface area contributed by atoms with E-state index < -0.39 is 23.2 Å². The quantitative estimate of drug-likeness (QED) is 0.290. The number of rotatable bonds is 0. The van der Waals surface area contributed by atoms with Crippen molar-refractivity contribution in [2.24, 2.45) is 56.7 Å². The third kappa shape index (κ3) is 2.41. The summed E-state index contributed by atoms with van der Waals surface area (Å²) >= 11 is 0. The summed E-state index contributed by atoms with van der Waals surface area (Å²) in [4.78, 5) is 13.8. The van der Waals surface area contributed by atoms with E-state index in [1.807, 2.05) is 0 Å². The maximum absolute atomic E-state index is 13.8. The van der Waals surface area contributed by atoms with Crippen molar-refractivity contribution in [1.82, 2.24) is 0 Å². The second kappa shape index (κ2) is 7.11. The Morgan fingerprint density at radius 1 is 0.944 bits per heavy atom. The molecule has 5 saturated carbocycles. The molecular weight excluding hydrogens is 452 g/mol. The zero-order valence-corrected chi connectivity index (χ0v) is 23.4. The summed E-state index contributed by atoms with van der Waals surface area (Å²) < 4.78 is 6.75. The summed E-state index contributed by atoms with van der Waals surface area (Å²) in [5.41, 5.74) is -1.26. The number of carbonyl (C=O) groups excluding carboxylic acids is 1. The molecule has 0 amide bonds. The molecule has 5 nitrogen and oxygen atoms in total. The van der Waals surface area contributed by atoms with Crippen molar-refractivity contribution in [3.63, 3.8) is 0 Å². The van der Waals surface area contributed by atoms with Crippen LogP contribution in [0.25, 0.3) is 0 Å². The summed E-state index contributed by atoms with van der Waals surface area (Å²) in [6, 6.07) is 0. The average Bonchev–Trinajstić information content (AvgIpc) is 3.02. The SMILES string of the molecule is C[C@H]1[C@H](C)CC[C@@]23CC[C@@]4(C)[C@]5(C)CC[C@H]6C(C)(C)[C@H](O)[C@H](O)C[C@]6(C)[C@H]5C/C(=C\O)[C@]4(OC2=O)[C@H]13. The molecule has 5 aliphatic carbocycles. The lowest BCUT2D eigenvalue weighted by Gasteiger charge is -2.74. The molecule has 6 rings (SSSR count). The number of esters is 1. The molecule has 202 valence electrons. The molecular formula is C31H48O5. The largest absolute Gasteiger partial charge is 0.515 e. The number of fused-ring (bicyclic) bond motifs is 4. The second-order valence-corrected chi connectivity index (χ2v) is 15.4. The first-order valence-corrected chi connectivity index (χ1v) is 14.6. The summed E-state index contributed by atoms with van der Waals surface area (Å²) in [7, 11) is 0. The number of hydrogen-bond acceptors (Lipinski definition) is 5. The van der Waals surface area contributed by atoms with Gasteiger partial charge in [-0.2, -0.15) is 0 Å². The van der Waals surface area contributed by atoms with Crippen molar-refractivity contribution in [3.05, 3.63) is 11.8 Å². The van der Waals surface area contributed by atoms with E-state index in [9.17, 15) is 20.1 Å². The van der Waals surface area contributed by atoms with Crippen LogP contribution in [-0.4, -0.2) is 39.1 Å². The summed E-state index contributed by atoms with van der Waals surface area (Å²) in [5.74, 6) is 1.44. The molecule has 6 aliphatic rings. The Labute approximate surface area is 217 Å². The van der Waals surface area contributed by atoms with Crippen LogP contribution in [0.5, 0.6) is 0 Å². The van der Waals surface area contributed by atoms with Gasteiger partial charge in [-0.05, 0) is 91.3 Å². The van der Waals surface area contributed by atoms with Crippen molar-refractivity contribution < 1.29 is 24.9 Å². The van der Waals surface area contributed by atoms with Gasteiger partial charge in [0.05, 0.1) is 23.9 Å². The Kier molecular flexibility index (Phi) is 4.98. The lowest BCUT2D eigenvalue weighted by atomic mass is 9.30. The molecule has 0 radical (unpaired) electrons. The normalized spacial score (nSPS) is 60.4. The van der Waals surface area contributed by atoms with Gasteiger partial charge in [0.25, 0.3) is 0 Å². The van der Waals surface area contributed by atoms with E-state index in [0.29, 0.717) is 24.7 Å². The monoisotopic (exact) mass is 500 g/mol. The molecule has 0 aromatic heterocycles. The molecule has 0 aromatic rings. The van der Waals surface area contributed by atoms with Crippen LogP contribution in [0.3, 0.4) is 0 Å². The van der Waals surface area contributed by atoms with Crippen LogP contribution in [0.15, 0.2) is 11.8 Å². The highest BCUT2D eigenvalue weighted by Crippen LogP contribution is 2.81. The van der Waals surface area contributed by atoms with Gasteiger partial charge in [0.15, 0.2) is 0 Å². The first kappa shape index (κ1) is 25.2. The minimum atomic E-state index is -0.762. The van der Waals surface area contributed by atoms with E-state index in [-0.39, 0.29) is 45.4 Å². The molecule has 0 unspecified atom stereocenters. The second-order valence-electron chi connectivity index (χ2n) is 15.4. The highest BCUT2D eigenvalue weighted by atomic mass is 16.6. The zero-order chi connectivity index (χ0) is 26.3. The minimum Gasteiger partial charge on any atom is -0.515 e. The van der Waals surface area contributed by atoms with Crippen LogP contribution in [0.4, 0.5) is 0 Å². The fraction of sp³-hybridized carbons (Fsp3) is 0.903. The van der Waals surface area contributed by atoms with Crippen molar-refractivity contribution in [1.29, 1.82) is 0 Å². The molecule has 3 N–H and O–H groups in total. The Balaban J connectivity index is 1.54. The van der Waals surface area contributed by atoms with Gasteiger partial charge in [-0.15, -0.1) is 0 Å². The maximum atomic E-state index is 13.8. The molecule has 0 aromatic carbocycles. The number of ether oxygens (including phenoxy) is 1. The van der Waals surface area contributed by atoms with Gasteiger partial charge < -0.3 is 20.1 Å². The van der Waals surface area contributed by atoms with Crippen molar-refractivity contribution in [2.75, 3.05) is 0 Å². The summed E-state index contributed by atoms with van der Waals surface area (Å²) in [6.45, 7) is 16.0. The van der Waals surface area contributed by atoms with Gasteiger partial charge >= 0.3 is 5.97 Å². The summed E-state index contributed by atoms with van der Waals surface area (Å²) in [5, 5.41) is 33.0. The fourth-order valence-corrected chi connectivity index (χ4v) is 12.2. The number of hydrogen-bond donors (Lipinski definition) is 3. The molecule has 2 bridgehead atoms. The molecule has 1 saturated heterocycles. The van der Waals surface area contributed by atoms with Crippen molar-refractivity contribution >= 4 is 5.97 Å². The predicted molar refractivity (Wildman–Crippen MR) is 138 cm³/mol. The van der Waals surface area contributed by atoms with E-state index in [1.54, 1.807) is 0 Å². The Morgan fingerprint density at radius 3 is 2.31 bits per heavy atom. The molecule has 36 heavy (non-hydrogen) atoms. The van der Waals surface area contributed by atoms with Gasteiger partial charge in [0.1, 0.15) is 5.60 Å². The van der Waals surface area contributed by atoms with Crippen molar-refractivity contribution in [2.45, 2.75) is 118 Å². The highest BCUT2D eigenvalue weighted by Gasteiger charge is 2.83. The van der Waals surface area contributed by atoms with Gasteiger partial charge in [-0.1, -0.05) is 48.5 Å². The maximum Gasteiger partial charge on any atom is 0.313 e. The van der Waals surface area contributed by atoms with E-state index >= 15 is 0 Å². The topological polar surface area (TPSA) is 87.0 Å². The van der Waals surface area contributed by atoms with E-state index in [2.05, 4.69) is 48.5 Å². The molecule has 12 atom stereocenters. The zero-order valence-electron chi connectivity index (χ0n) is 23.4. The fourth-order valence-electron chi connectivity index (χ4n) is 12.2. The standard InChI is InChI=1S/C31H48O5/c1-17-8-11-30-13-12-29(7)28(6)10-9-21-26(3,4)24(34)20(33)15-27(21,5)22(28)14-19(16-32)31(29,36-25(30)35)23(30)18(17)2/h16-18,20-24,32-34H,8-15H2,1-7H3/b19-16+/t17-,18+,20-,21+,22-,23-,24-,27+,28-,29+,30+,31+/m1/s1. The minimum absolute atomic E-state index is 0.0198. The van der Waals surface area contributed by atoms with Gasteiger partial charge in [0, 0.05) is 16.9 Å². The van der Waals surface area contributed by atoms with E-state index in [0.717, 1.165) is 44.1 Å². The molecule has 5 heteroatoms. The third-order valence-corrected chi connectivity index (χ3v) is 14.4. The van der Waals surface area contributed by atoms with Crippen LogP contribution >= 0.6 is 0 Å². The Bertz CT molecular complexity index is 1020. The first-order valence-electron chi connectivity index (χ1n) is 14.6. The highest BCUT2D eigenvalue weighted by molar-refractivity contribution is 5.83. The van der Waals surface area contributed by atoms with Gasteiger partial charge in [-0.25, -0.2) is 0 Å². The predicted octanol–water partition coefficient (Wildman–Crippen LogP) is 5.79. The van der Waals surface area contributed by atoms with Crippen LogP contribution < -0.4 is 0 Å². The van der Waals surface area contributed by atoms with Gasteiger partial charge in [-0.3, -0.25) is 4.79 Å². The van der Waals surface area contributed by atoms with Crippen LogP contribution in [-0.2, 0) is 9.53 Å². The molecule has 1 heterocycles. The number of carbonyl (C=O) groups is 1. The summed E-state index contributed by atoms with van der Waals surface area (Å²) in [6.07, 6.45) is 6.87. The van der Waals surface area contributed by atoms with Crippen LogP contribution in [0.2, 0.25) is 0 Å². The van der Waals surface area contributed by atoms with E-state index in [1.165, 1.54) is 6.26 Å². The van der Waals surface area contributed by atoms with Gasteiger partial charge in [0.2, 0.25) is 0 Å². The smallest absolute Gasteiger partial charge is 0.313 e. The third-order valence-electron chi connectivity index (χ3n) is 14.4. The van der Waals surface area contributed by atoms with Crippen LogP contribution in [0.1, 0.15) is 99.8 Å². The Hall–Kier alpha value is -1.07. The number of aliphatic hydroxyl groups is 3. The molecule has 1 aliphatic heterocycles. The number of aliphatic hydroxyl groups excluding tert-OH is 3. The lowest BCUT2D eigenvalue weighted by molar-refractivity contribution is -0.279. The first-order chi connectivity index (χ1) is 16.7. The lowest BCUT2D eigenvalue weighted by Crippen LogP contribution is -2.74. The molecule has 6 fully saturated rings. The van der Waals surface area contributed by atoms with E-state index in [4.69, 9.17) is 4.74 Å². The Morgan fingerprint density at radius 2 is 1.64 bits per heavy atom. The molecule has 1 spiro atoms.